The van der Waals surface area contributed by atoms with Crippen LogP contribution in [0, 0.1) is 22.5 Å². The molecule has 2 N–H and O–H groups in total. The second-order valence-electron chi connectivity index (χ2n) is 9.65. The molecule has 30 heavy (non-hydrogen) atoms. The lowest BCUT2D eigenvalue weighted by Gasteiger charge is -2.46. The van der Waals surface area contributed by atoms with Crippen LogP contribution in [0.2, 0.25) is 0 Å². The van der Waals surface area contributed by atoms with E-state index in [1.165, 1.54) is 12.1 Å². The average molecular weight is 423 g/mol. The van der Waals surface area contributed by atoms with Gasteiger partial charge in [0.25, 0.3) is 0 Å². The number of carboxylic acids is 1. The fourth-order valence-corrected chi connectivity index (χ4v) is 5.21. The maximum Gasteiger partial charge on any atom is 0.310 e. The molecule has 1 aliphatic heterocycles. The summed E-state index contributed by atoms with van der Waals surface area (Å²) in [5.74, 6) is -2.01. The molecule has 1 heterocycles. The third-order valence-electron chi connectivity index (χ3n) is 7.56. The number of ether oxygens (including phenoxy) is 1. The van der Waals surface area contributed by atoms with Gasteiger partial charge in [-0.2, -0.15) is 0 Å². The molecule has 2 atom stereocenters. The van der Waals surface area contributed by atoms with Gasteiger partial charge >= 0.3 is 5.97 Å². The molecule has 2 saturated carbocycles. The molecule has 0 bridgehead atoms. The second kappa shape index (κ2) is 8.52. The molecule has 0 unspecified atom stereocenters. The Morgan fingerprint density at radius 1 is 1.23 bits per heavy atom. The Morgan fingerprint density at radius 3 is 2.53 bits per heavy atom. The molecule has 0 spiro atoms. The van der Waals surface area contributed by atoms with Crippen molar-refractivity contribution in [2.75, 3.05) is 39.9 Å². The maximum atomic E-state index is 13.5. The topological polar surface area (TPSA) is 61.8 Å². The Hall–Kier alpha value is -1.57. The first kappa shape index (κ1) is 21.7. The molecule has 1 aromatic carbocycles. The van der Waals surface area contributed by atoms with Crippen LogP contribution in [0.5, 0.6) is 0 Å². The lowest BCUT2D eigenvalue weighted by molar-refractivity contribution is -0.157. The van der Waals surface area contributed by atoms with E-state index >= 15 is 0 Å². The molecule has 3 aliphatic rings. The van der Waals surface area contributed by atoms with Crippen LogP contribution in [-0.2, 0) is 9.53 Å². The summed E-state index contributed by atoms with van der Waals surface area (Å²) in [5, 5.41) is 13.2. The van der Waals surface area contributed by atoms with Gasteiger partial charge in [0.15, 0.2) is 11.6 Å². The highest BCUT2D eigenvalue weighted by Gasteiger charge is 2.47. The van der Waals surface area contributed by atoms with E-state index in [4.69, 9.17) is 4.74 Å². The van der Waals surface area contributed by atoms with Crippen LogP contribution in [0.1, 0.15) is 50.0 Å². The third kappa shape index (κ3) is 4.39. The van der Waals surface area contributed by atoms with Crippen LogP contribution in [0.3, 0.4) is 0 Å². The highest BCUT2D eigenvalue weighted by molar-refractivity contribution is 5.76. The highest BCUT2D eigenvalue weighted by Crippen LogP contribution is 2.44. The van der Waals surface area contributed by atoms with Crippen LogP contribution in [0.25, 0.3) is 0 Å². The van der Waals surface area contributed by atoms with Crippen molar-refractivity contribution in [1.29, 1.82) is 0 Å². The normalized spacial score (nSPS) is 27.4. The van der Waals surface area contributed by atoms with Crippen molar-refractivity contribution >= 4 is 5.97 Å². The molecular weight excluding hydrogens is 390 g/mol. The predicted molar refractivity (Wildman–Crippen MR) is 109 cm³/mol. The van der Waals surface area contributed by atoms with E-state index in [0.29, 0.717) is 13.2 Å². The number of hydrogen-bond donors (Lipinski definition) is 2. The number of aliphatic carboxylic acids is 1. The zero-order valence-electron chi connectivity index (χ0n) is 17.6. The zero-order valence-corrected chi connectivity index (χ0v) is 17.6. The van der Waals surface area contributed by atoms with E-state index in [9.17, 15) is 18.7 Å². The summed E-state index contributed by atoms with van der Waals surface area (Å²) >= 11 is 0. The second-order valence-corrected chi connectivity index (χ2v) is 9.65. The Morgan fingerprint density at radius 2 is 1.97 bits per heavy atom. The van der Waals surface area contributed by atoms with Crippen molar-refractivity contribution in [2.24, 2.45) is 10.8 Å². The van der Waals surface area contributed by atoms with Gasteiger partial charge in [-0.25, -0.2) is 8.78 Å². The number of benzene rings is 1. The Bertz CT molecular complexity index is 776. The van der Waals surface area contributed by atoms with Gasteiger partial charge in [0.05, 0.1) is 12.0 Å². The van der Waals surface area contributed by atoms with Crippen molar-refractivity contribution < 1.29 is 23.4 Å². The van der Waals surface area contributed by atoms with Gasteiger partial charge < -0.3 is 20.1 Å². The van der Waals surface area contributed by atoms with Gasteiger partial charge in [-0.1, -0.05) is 12.5 Å². The summed E-state index contributed by atoms with van der Waals surface area (Å²) < 4.78 is 32.2. The van der Waals surface area contributed by atoms with E-state index in [1.54, 1.807) is 13.2 Å². The summed E-state index contributed by atoms with van der Waals surface area (Å²) in [5.41, 5.74) is 0.342. The number of piperidine rings is 1. The smallest absolute Gasteiger partial charge is 0.310 e. The number of carbonyl (C=O) groups is 1. The number of halogens is 2. The molecule has 0 amide bonds. The highest BCUT2D eigenvalue weighted by atomic mass is 19.2. The summed E-state index contributed by atoms with van der Waals surface area (Å²) in [7, 11) is 1.73. The molecule has 7 heteroatoms. The first-order chi connectivity index (χ1) is 14.4. The lowest BCUT2D eigenvalue weighted by Crippen LogP contribution is -2.53. The van der Waals surface area contributed by atoms with Gasteiger partial charge in [-0.15, -0.1) is 0 Å². The monoisotopic (exact) mass is 422 g/mol. The molecule has 3 fully saturated rings. The van der Waals surface area contributed by atoms with Crippen molar-refractivity contribution in [1.82, 2.24) is 10.2 Å². The van der Waals surface area contributed by atoms with Crippen molar-refractivity contribution in [3.8, 4) is 0 Å². The fraction of sp³-hybridized carbons (Fsp3) is 0.696. The molecule has 4 rings (SSSR count). The van der Waals surface area contributed by atoms with Crippen LogP contribution >= 0.6 is 0 Å². The van der Waals surface area contributed by atoms with Gasteiger partial charge in [-0.05, 0) is 62.9 Å². The molecule has 5 nitrogen and oxygen atoms in total. The maximum absolute atomic E-state index is 13.5. The van der Waals surface area contributed by atoms with Crippen LogP contribution in [0.15, 0.2) is 18.2 Å². The SMILES string of the molecule is COCC1(CN[C@@H]2C[C@H]2c2ccc(F)c(F)c2)CCN(CC2(C(=O)O)CCC2)CC1. The first-order valence-electron chi connectivity index (χ1n) is 11.0. The van der Waals surface area contributed by atoms with E-state index in [1.807, 2.05) is 0 Å². The molecule has 166 valence electrons. The number of likely N-dealkylation sites (tertiary alicyclic amines) is 1. The van der Waals surface area contributed by atoms with Gasteiger partial charge in [0.1, 0.15) is 0 Å². The van der Waals surface area contributed by atoms with Crippen molar-refractivity contribution in [2.45, 2.75) is 50.5 Å². The van der Waals surface area contributed by atoms with Crippen molar-refractivity contribution in [3.63, 3.8) is 0 Å². The minimum atomic E-state index is -0.804. The quantitative estimate of drug-likeness (QED) is 0.639. The molecule has 1 saturated heterocycles. The number of nitrogens with one attached hydrogen (secondary N) is 1. The first-order valence-corrected chi connectivity index (χ1v) is 11.0. The summed E-state index contributed by atoms with van der Waals surface area (Å²) in [6, 6.07) is 4.47. The molecule has 0 radical (unpaired) electrons. The lowest BCUT2D eigenvalue weighted by atomic mass is 9.68. The van der Waals surface area contributed by atoms with Gasteiger partial charge in [0, 0.05) is 37.6 Å². The number of hydrogen-bond acceptors (Lipinski definition) is 4. The minimum absolute atomic E-state index is 0.0302. The minimum Gasteiger partial charge on any atom is -0.481 e. The Balaban J connectivity index is 1.29. The molecule has 1 aromatic rings. The Kier molecular flexibility index (Phi) is 6.15. The standard InChI is InChI=1S/C23H32F2N2O3/c1-30-15-22(7-9-27(10-8-22)14-23(21(28)29)5-2-6-23)13-26-20-12-17(20)16-3-4-18(24)19(25)11-16/h3-4,11,17,20,26H,2,5-10,12-15H2,1H3,(H,28,29)/t17-,20+/m0/s1. The van der Waals surface area contributed by atoms with E-state index in [-0.39, 0.29) is 17.4 Å². The molecule has 2 aliphatic carbocycles. The van der Waals surface area contributed by atoms with E-state index < -0.39 is 23.0 Å². The summed E-state index contributed by atoms with van der Waals surface area (Å²) in [4.78, 5) is 14.0. The number of rotatable bonds is 9. The van der Waals surface area contributed by atoms with E-state index in [2.05, 4.69) is 10.2 Å². The molecular formula is C23H32F2N2O3. The number of methoxy groups -OCH3 is 1. The van der Waals surface area contributed by atoms with Crippen molar-refractivity contribution in [3.05, 3.63) is 35.4 Å². The Labute approximate surface area is 176 Å². The van der Waals surface area contributed by atoms with Gasteiger partial charge in [-0.3, -0.25) is 4.79 Å². The largest absolute Gasteiger partial charge is 0.481 e. The average Bonchev–Trinajstić information content (AvgIpc) is 3.46. The van der Waals surface area contributed by atoms with E-state index in [0.717, 1.165) is 63.7 Å². The zero-order chi connectivity index (χ0) is 21.4. The molecule has 0 aromatic heterocycles. The predicted octanol–water partition coefficient (Wildman–Crippen LogP) is 3.39. The van der Waals surface area contributed by atoms with Crippen LogP contribution < -0.4 is 5.32 Å². The van der Waals surface area contributed by atoms with Crippen LogP contribution in [0.4, 0.5) is 8.78 Å². The number of nitrogens with zero attached hydrogens (tertiary/aromatic N) is 1. The third-order valence-corrected chi connectivity index (χ3v) is 7.56. The fourth-order valence-electron chi connectivity index (χ4n) is 5.21. The van der Waals surface area contributed by atoms with Gasteiger partial charge in [0.2, 0.25) is 0 Å². The van der Waals surface area contributed by atoms with Crippen LogP contribution in [-0.4, -0.2) is 61.9 Å². The summed E-state index contributed by atoms with van der Waals surface area (Å²) in [6.07, 6.45) is 5.45. The number of carboxylic acid groups (broad SMARTS) is 1. The summed E-state index contributed by atoms with van der Waals surface area (Å²) in [6.45, 7) is 3.92.